The number of aliphatic hydroxyl groups excluding tert-OH is 1. The summed E-state index contributed by atoms with van der Waals surface area (Å²) in [5.41, 5.74) is 0.954. The number of methoxy groups -OCH3 is 1. The van der Waals surface area contributed by atoms with Gasteiger partial charge >= 0.3 is 0 Å². The van der Waals surface area contributed by atoms with Gasteiger partial charge in [-0.2, -0.15) is 0 Å². The fourth-order valence-electron chi connectivity index (χ4n) is 2.54. The smallest absolute Gasteiger partial charge is 0.240 e. The Morgan fingerprint density at radius 2 is 2.30 bits per heavy atom. The molecule has 0 aromatic heterocycles. The van der Waals surface area contributed by atoms with E-state index in [-0.39, 0.29) is 18.6 Å². The Labute approximate surface area is 119 Å². The van der Waals surface area contributed by atoms with Crippen molar-refractivity contribution in [3.05, 3.63) is 29.8 Å². The average molecular weight is 278 g/mol. The van der Waals surface area contributed by atoms with Gasteiger partial charge in [0.05, 0.1) is 19.8 Å². The Hall–Kier alpha value is -1.59. The molecule has 0 aliphatic carbocycles. The van der Waals surface area contributed by atoms with Crippen LogP contribution in [0.3, 0.4) is 0 Å². The summed E-state index contributed by atoms with van der Waals surface area (Å²) in [6.07, 6.45) is 1.89. The Kier molecular flexibility index (Phi) is 5.38. The van der Waals surface area contributed by atoms with Crippen LogP contribution >= 0.6 is 0 Å². The lowest BCUT2D eigenvalue weighted by Gasteiger charge is -2.25. The molecule has 1 aromatic carbocycles. The topological polar surface area (TPSA) is 61.8 Å². The van der Waals surface area contributed by atoms with E-state index >= 15 is 0 Å². The van der Waals surface area contributed by atoms with E-state index in [1.807, 2.05) is 24.3 Å². The lowest BCUT2D eigenvalue weighted by molar-refractivity contribution is -0.134. The maximum absolute atomic E-state index is 12.5. The highest BCUT2D eigenvalue weighted by molar-refractivity contribution is 5.82. The third-order valence-corrected chi connectivity index (χ3v) is 3.59. The summed E-state index contributed by atoms with van der Waals surface area (Å²) in [5, 5.41) is 12.4. The van der Waals surface area contributed by atoms with Crippen molar-refractivity contribution >= 4 is 5.91 Å². The van der Waals surface area contributed by atoms with Crippen LogP contribution in [0.4, 0.5) is 0 Å². The third kappa shape index (κ3) is 3.49. The molecule has 1 aliphatic rings. The number of hydrogen-bond donors (Lipinski definition) is 2. The normalized spacial score (nSPS) is 18.0. The van der Waals surface area contributed by atoms with Crippen LogP contribution in [-0.2, 0) is 11.3 Å². The van der Waals surface area contributed by atoms with Gasteiger partial charge in [-0.1, -0.05) is 18.2 Å². The molecular weight excluding hydrogens is 256 g/mol. The van der Waals surface area contributed by atoms with Gasteiger partial charge < -0.3 is 20.1 Å². The molecule has 2 N–H and O–H groups in total. The zero-order chi connectivity index (χ0) is 14.4. The summed E-state index contributed by atoms with van der Waals surface area (Å²) < 4.78 is 5.31. The number of aliphatic hydroxyl groups is 1. The molecule has 1 aromatic rings. The van der Waals surface area contributed by atoms with Gasteiger partial charge in [0.15, 0.2) is 0 Å². The summed E-state index contributed by atoms with van der Waals surface area (Å²) in [4.78, 5) is 14.1. The Balaban J connectivity index is 2.10. The van der Waals surface area contributed by atoms with Crippen LogP contribution in [0, 0.1) is 0 Å². The third-order valence-electron chi connectivity index (χ3n) is 3.59. The quantitative estimate of drug-likeness (QED) is 0.807. The van der Waals surface area contributed by atoms with Crippen LogP contribution in [0.15, 0.2) is 24.3 Å². The second kappa shape index (κ2) is 7.26. The molecule has 20 heavy (non-hydrogen) atoms. The lowest BCUT2D eigenvalue weighted by atomic mass is 10.1. The van der Waals surface area contributed by atoms with E-state index < -0.39 is 0 Å². The molecule has 1 saturated heterocycles. The van der Waals surface area contributed by atoms with Crippen LogP contribution in [0.5, 0.6) is 5.75 Å². The van der Waals surface area contributed by atoms with Crippen LogP contribution < -0.4 is 10.1 Å². The lowest BCUT2D eigenvalue weighted by Crippen LogP contribution is -2.44. The van der Waals surface area contributed by atoms with E-state index in [0.29, 0.717) is 13.1 Å². The second-order valence-corrected chi connectivity index (χ2v) is 4.94. The van der Waals surface area contributed by atoms with Crippen molar-refractivity contribution in [1.29, 1.82) is 0 Å². The van der Waals surface area contributed by atoms with Crippen LogP contribution in [0.1, 0.15) is 18.4 Å². The van der Waals surface area contributed by atoms with E-state index in [1.165, 1.54) is 0 Å². The number of para-hydroxylation sites is 1. The standard InChI is InChI=1S/C15H22N2O3/c1-20-14-7-3-2-5-12(14)11-17(9-10-18)15(19)13-6-4-8-16-13/h2-3,5,7,13,16,18H,4,6,8-11H2,1H3/t13-/m0/s1. The molecule has 1 amide bonds. The zero-order valence-electron chi connectivity index (χ0n) is 11.8. The molecule has 0 bridgehead atoms. The Morgan fingerprint density at radius 3 is 2.95 bits per heavy atom. The molecule has 0 radical (unpaired) electrons. The number of carbonyl (C=O) groups is 1. The monoisotopic (exact) mass is 278 g/mol. The summed E-state index contributed by atoms with van der Waals surface area (Å²) >= 11 is 0. The molecule has 1 atom stereocenters. The van der Waals surface area contributed by atoms with Crippen molar-refractivity contribution in [3.8, 4) is 5.75 Å². The van der Waals surface area contributed by atoms with Gasteiger partial charge in [-0.3, -0.25) is 4.79 Å². The molecule has 0 saturated carbocycles. The van der Waals surface area contributed by atoms with Crippen molar-refractivity contribution in [2.45, 2.75) is 25.4 Å². The SMILES string of the molecule is COc1ccccc1CN(CCO)C(=O)[C@@H]1CCCN1. The number of nitrogens with zero attached hydrogens (tertiary/aromatic N) is 1. The first kappa shape index (κ1) is 14.8. The molecule has 0 spiro atoms. The van der Waals surface area contributed by atoms with Gasteiger partial charge in [0, 0.05) is 18.7 Å². The highest BCUT2D eigenvalue weighted by Crippen LogP contribution is 2.20. The van der Waals surface area contributed by atoms with Gasteiger partial charge in [0.1, 0.15) is 5.75 Å². The highest BCUT2D eigenvalue weighted by atomic mass is 16.5. The number of carbonyl (C=O) groups excluding carboxylic acids is 1. The van der Waals surface area contributed by atoms with Crippen molar-refractivity contribution in [2.75, 3.05) is 26.8 Å². The summed E-state index contributed by atoms with van der Waals surface area (Å²) in [7, 11) is 1.62. The number of rotatable bonds is 6. The van der Waals surface area contributed by atoms with Crippen molar-refractivity contribution in [2.24, 2.45) is 0 Å². The van der Waals surface area contributed by atoms with Crippen molar-refractivity contribution < 1.29 is 14.6 Å². The maximum atomic E-state index is 12.5. The second-order valence-electron chi connectivity index (χ2n) is 4.94. The van der Waals surface area contributed by atoms with Gasteiger partial charge in [-0.15, -0.1) is 0 Å². The first-order valence-corrected chi connectivity index (χ1v) is 7.01. The van der Waals surface area contributed by atoms with Gasteiger partial charge in [-0.25, -0.2) is 0 Å². The average Bonchev–Trinajstić information content (AvgIpc) is 3.01. The van der Waals surface area contributed by atoms with Crippen LogP contribution in [0.25, 0.3) is 0 Å². The number of amides is 1. The molecule has 0 unspecified atom stereocenters. The van der Waals surface area contributed by atoms with Gasteiger partial charge in [-0.05, 0) is 25.5 Å². The number of ether oxygens (including phenoxy) is 1. The van der Waals surface area contributed by atoms with E-state index in [1.54, 1.807) is 12.0 Å². The predicted octanol–water partition coefficient (Wildman–Crippen LogP) is 0.768. The largest absolute Gasteiger partial charge is 0.496 e. The van der Waals surface area contributed by atoms with Crippen molar-refractivity contribution in [3.63, 3.8) is 0 Å². The molecule has 1 aliphatic heterocycles. The zero-order valence-corrected chi connectivity index (χ0v) is 11.8. The first-order valence-electron chi connectivity index (χ1n) is 7.01. The van der Waals surface area contributed by atoms with E-state index in [4.69, 9.17) is 4.74 Å². The minimum atomic E-state index is -0.115. The molecule has 2 rings (SSSR count). The fraction of sp³-hybridized carbons (Fsp3) is 0.533. The van der Waals surface area contributed by atoms with E-state index in [2.05, 4.69) is 5.32 Å². The summed E-state index contributed by atoms with van der Waals surface area (Å²) in [6.45, 7) is 1.66. The predicted molar refractivity (Wildman–Crippen MR) is 76.5 cm³/mol. The van der Waals surface area contributed by atoms with Gasteiger partial charge in [0.2, 0.25) is 5.91 Å². The first-order chi connectivity index (χ1) is 9.76. The molecule has 1 fully saturated rings. The van der Waals surface area contributed by atoms with Crippen LogP contribution in [0.2, 0.25) is 0 Å². The Morgan fingerprint density at radius 1 is 1.50 bits per heavy atom. The van der Waals surface area contributed by atoms with E-state index in [9.17, 15) is 9.90 Å². The maximum Gasteiger partial charge on any atom is 0.240 e. The Bertz CT molecular complexity index is 444. The molecule has 5 heteroatoms. The molecular formula is C15H22N2O3. The minimum Gasteiger partial charge on any atom is -0.496 e. The number of hydrogen-bond acceptors (Lipinski definition) is 4. The molecule has 110 valence electrons. The summed E-state index contributed by atoms with van der Waals surface area (Å²) in [6, 6.07) is 7.53. The van der Waals surface area contributed by atoms with Crippen molar-refractivity contribution in [1.82, 2.24) is 10.2 Å². The number of benzene rings is 1. The minimum absolute atomic E-state index is 0.0341. The van der Waals surface area contributed by atoms with E-state index in [0.717, 1.165) is 30.7 Å². The molecule has 5 nitrogen and oxygen atoms in total. The fourth-order valence-corrected chi connectivity index (χ4v) is 2.54. The van der Waals surface area contributed by atoms with Crippen LogP contribution in [-0.4, -0.2) is 48.8 Å². The summed E-state index contributed by atoms with van der Waals surface area (Å²) in [5.74, 6) is 0.824. The number of nitrogens with one attached hydrogen (secondary N) is 1. The van der Waals surface area contributed by atoms with Gasteiger partial charge in [0.25, 0.3) is 0 Å². The highest BCUT2D eigenvalue weighted by Gasteiger charge is 2.27. The molecule has 1 heterocycles.